The van der Waals surface area contributed by atoms with Crippen molar-refractivity contribution in [3.8, 4) is 5.75 Å². The molecule has 0 atom stereocenters. The van der Waals surface area contributed by atoms with E-state index in [9.17, 15) is 9.59 Å². The molecule has 154 valence electrons. The Morgan fingerprint density at radius 2 is 1.55 bits per heavy atom. The average Bonchev–Trinajstić information content (AvgIpc) is 3.29. The lowest BCUT2D eigenvalue weighted by Gasteiger charge is -2.34. The SMILES string of the molecule is COc1ccc(C(=O)N2CCN(C(=O)c3cn(C4CCCCC4)nn3)CC2)cc1. The van der Waals surface area contributed by atoms with Crippen LogP contribution in [-0.4, -0.2) is 69.9 Å². The van der Waals surface area contributed by atoms with Crippen LogP contribution in [-0.2, 0) is 0 Å². The predicted molar refractivity (Wildman–Crippen MR) is 107 cm³/mol. The first-order valence-electron chi connectivity index (χ1n) is 10.3. The number of aromatic nitrogens is 3. The van der Waals surface area contributed by atoms with Crippen LogP contribution in [0.2, 0.25) is 0 Å². The Kier molecular flexibility index (Phi) is 5.78. The van der Waals surface area contributed by atoms with Crippen molar-refractivity contribution in [2.75, 3.05) is 33.3 Å². The molecule has 1 aromatic heterocycles. The first-order chi connectivity index (χ1) is 14.2. The molecule has 1 aromatic carbocycles. The standard InChI is InChI=1S/C21H27N5O3/c1-29-18-9-7-16(8-10-18)20(27)24-11-13-25(14-12-24)21(28)19-15-26(23-22-19)17-5-3-2-4-6-17/h7-10,15,17H,2-6,11-14H2,1H3. The number of nitrogens with zero attached hydrogens (tertiary/aromatic N) is 5. The molecular weight excluding hydrogens is 370 g/mol. The van der Waals surface area contributed by atoms with Gasteiger partial charge in [-0.25, -0.2) is 4.68 Å². The van der Waals surface area contributed by atoms with E-state index >= 15 is 0 Å². The van der Waals surface area contributed by atoms with Gasteiger partial charge in [-0.1, -0.05) is 24.5 Å². The smallest absolute Gasteiger partial charge is 0.276 e. The van der Waals surface area contributed by atoms with Gasteiger partial charge in [-0.2, -0.15) is 0 Å². The summed E-state index contributed by atoms with van der Waals surface area (Å²) in [4.78, 5) is 29.0. The molecule has 29 heavy (non-hydrogen) atoms. The number of rotatable bonds is 4. The molecule has 1 saturated carbocycles. The number of amides is 2. The quantitative estimate of drug-likeness (QED) is 0.791. The predicted octanol–water partition coefficient (Wildman–Crippen LogP) is 2.39. The Bertz CT molecular complexity index is 849. The summed E-state index contributed by atoms with van der Waals surface area (Å²) < 4.78 is 6.99. The van der Waals surface area contributed by atoms with E-state index in [1.165, 1.54) is 19.3 Å². The maximum Gasteiger partial charge on any atom is 0.276 e. The molecule has 8 heteroatoms. The Labute approximate surface area is 170 Å². The summed E-state index contributed by atoms with van der Waals surface area (Å²) in [7, 11) is 1.60. The molecule has 2 aliphatic rings. The highest BCUT2D eigenvalue weighted by atomic mass is 16.5. The van der Waals surface area contributed by atoms with E-state index in [0.717, 1.165) is 18.6 Å². The van der Waals surface area contributed by atoms with Crippen LogP contribution >= 0.6 is 0 Å². The number of benzene rings is 1. The summed E-state index contributed by atoms with van der Waals surface area (Å²) in [5.41, 5.74) is 1.02. The second-order valence-electron chi connectivity index (χ2n) is 7.69. The summed E-state index contributed by atoms with van der Waals surface area (Å²) in [6.07, 6.45) is 7.67. The normalized spacial score (nSPS) is 18.0. The molecule has 0 N–H and O–H groups in total. The highest BCUT2D eigenvalue weighted by molar-refractivity contribution is 5.95. The molecular formula is C21H27N5O3. The van der Waals surface area contributed by atoms with Crippen LogP contribution in [0.1, 0.15) is 59.0 Å². The summed E-state index contributed by atoms with van der Waals surface area (Å²) in [5, 5.41) is 8.31. The van der Waals surface area contributed by atoms with Crippen LogP contribution in [0.5, 0.6) is 5.75 Å². The second kappa shape index (κ2) is 8.63. The van der Waals surface area contributed by atoms with E-state index in [4.69, 9.17) is 4.74 Å². The lowest BCUT2D eigenvalue weighted by atomic mass is 9.96. The van der Waals surface area contributed by atoms with Gasteiger partial charge in [-0.3, -0.25) is 9.59 Å². The van der Waals surface area contributed by atoms with Gasteiger partial charge in [0.2, 0.25) is 0 Å². The average molecular weight is 397 g/mol. The molecule has 0 bridgehead atoms. The molecule has 2 amide bonds. The minimum absolute atomic E-state index is 0.0250. The van der Waals surface area contributed by atoms with Crippen molar-refractivity contribution in [1.82, 2.24) is 24.8 Å². The third-order valence-corrected chi connectivity index (χ3v) is 5.87. The number of carbonyl (C=O) groups is 2. The molecule has 8 nitrogen and oxygen atoms in total. The van der Waals surface area contributed by atoms with E-state index in [0.29, 0.717) is 43.5 Å². The molecule has 1 aliphatic carbocycles. The molecule has 4 rings (SSSR count). The Hall–Kier alpha value is -2.90. The molecule has 2 aromatic rings. The topological polar surface area (TPSA) is 80.6 Å². The van der Waals surface area contributed by atoms with Crippen molar-refractivity contribution in [1.29, 1.82) is 0 Å². The van der Waals surface area contributed by atoms with Gasteiger partial charge >= 0.3 is 0 Å². The molecule has 0 spiro atoms. The van der Waals surface area contributed by atoms with Crippen LogP contribution < -0.4 is 4.74 Å². The highest BCUT2D eigenvalue weighted by Gasteiger charge is 2.27. The van der Waals surface area contributed by atoms with Crippen molar-refractivity contribution in [3.05, 3.63) is 41.7 Å². The van der Waals surface area contributed by atoms with Gasteiger partial charge in [0.1, 0.15) is 5.75 Å². The van der Waals surface area contributed by atoms with Gasteiger partial charge < -0.3 is 14.5 Å². The third kappa shape index (κ3) is 4.26. The third-order valence-electron chi connectivity index (χ3n) is 5.87. The molecule has 0 unspecified atom stereocenters. The number of hydrogen-bond acceptors (Lipinski definition) is 5. The van der Waals surface area contributed by atoms with Crippen LogP contribution in [0.25, 0.3) is 0 Å². The Morgan fingerprint density at radius 3 is 2.17 bits per heavy atom. The minimum atomic E-state index is -0.108. The van der Waals surface area contributed by atoms with E-state index in [1.807, 2.05) is 4.68 Å². The molecule has 1 saturated heterocycles. The zero-order valence-electron chi connectivity index (χ0n) is 16.8. The van der Waals surface area contributed by atoms with Gasteiger partial charge in [-0.05, 0) is 37.1 Å². The Balaban J connectivity index is 1.33. The Morgan fingerprint density at radius 1 is 0.931 bits per heavy atom. The maximum absolute atomic E-state index is 12.8. The largest absolute Gasteiger partial charge is 0.497 e. The van der Waals surface area contributed by atoms with Crippen molar-refractivity contribution < 1.29 is 14.3 Å². The zero-order chi connectivity index (χ0) is 20.2. The summed E-state index contributed by atoms with van der Waals surface area (Å²) in [5.74, 6) is 0.588. The van der Waals surface area contributed by atoms with Crippen molar-refractivity contribution in [3.63, 3.8) is 0 Å². The minimum Gasteiger partial charge on any atom is -0.497 e. The van der Waals surface area contributed by atoms with Crippen molar-refractivity contribution in [2.24, 2.45) is 0 Å². The van der Waals surface area contributed by atoms with E-state index in [1.54, 1.807) is 47.4 Å². The van der Waals surface area contributed by atoms with Gasteiger partial charge in [-0.15, -0.1) is 5.10 Å². The molecule has 1 aliphatic heterocycles. The monoisotopic (exact) mass is 397 g/mol. The summed E-state index contributed by atoms with van der Waals surface area (Å²) >= 11 is 0. The number of methoxy groups -OCH3 is 1. The van der Waals surface area contributed by atoms with Gasteiger partial charge in [0.05, 0.1) is 19.3 Å². The maximum atomic E-state index is 12.8. The number of piperazine rings is 1. The van der Waals surface area contributed by atoms with Gasteiger partial charge in [0, 0.05) is 31.7 Å². The first kappa shape index (κ1) is 19.4. The van der Waals surface area contributed by atoms with Crippen LogP contribution in [0.3, 0.4) is 0 Å². The lowest BCUT2D eigenvalue weighted by Crippen LogP contribution is -2.50. The van der Waals surface area contributed by atoms with Crippen LogP contribution in [0.15, 0.2) is 30.5 Å². The van der Waals surface area contributed by atoms with E-state index in [-0.39, 0.29) is 11.8 Å². The summed E-state index contributed by atoms with van der Waals surface area (Å²) in [6.45, 7) is 2.01. The van der Waals surface area contributed by atoms with Crippen LogP contribution in [0.4, 0.5) is 0 Å². The van der Waals surface area contributed by atoms with Crippen molar-refractivity contribution in [2.45, 2.75) is 38.1 Å². The van der Waals surface area contributed by atoms with Crippen LogP contribution in [0, 0.1) is 0 Å². The van der Waals surface area contributed by atoms with E-state index < -0.39 is 0 Å². The van der Waals surface area contributed by atoms with E-state index in [2.05, 4.69) is 10.3 Å². The molecule has 0 radical (unpaired) electrons. The molecule has 2 fully saturated rings. The lowest BCUT2D eigenvalue weighted by molar-refractivity contribution is 0.0532. The van der Waals surface area contributed by atoms with Crippen molar-refractivity contribution >= 4 is 11.8 Å². The number of ether oxygens (including phenoxy) is 1. The number of hydrogen-bond donors (Lipinski definition) is 0. The highest BCUT2D eigenvalue weighted by Crippen LogP contribution is 2.27. The fourth-order valence-electron chi connectivity index (χ4n) is 4.09. The fraction of sp³-hybridized carbons (Fsp3) is 0.524. The first-order valence-corrected chi connectivity index (χ1v) is 10.3. The number of carbonyl (C=O) groups excluding carboxylic acids is 2. The summed E-state index contributed by atoms with van der Waals surface area (Å²) in [6, 6.07) is 7.45. The zero-order valence-corrected chi connectivity index (χ0v) is 16.8. The van der Waals surface area contributed by atoms with Gasteiger partial charge in [0.15, 0.2) is 5.69 Å². The molecule has 2 heterocycles. The fourth-order valence-corrected chi connectivity index (χ4v) is 4.09. The van der Waals surface area contributed by atoms with Gasteiger partial charge in [0.25, 0.3) is 11.8 Å². The second-order valence-corrected chi connectivity index (χ2v) is 7.69.